The standard InChI is InChI=1S/C14H23N3O2S/c1-3-16-12(2)14-8-4-5-10-17(14)20(18,19)13-7-6-9-15-11-13/h6-7,9,11-12,14,16H,3-5,8,10H2,1-2H3. The fraction of sp³-hybridized carbons (Fsp3) is 0.643. The van der Waals surface area contributed by atoms with Crippen LogP contribution in [-0.4, -0.2) is 42.9 Å². The van der Waals surface area contributed by atoms with E-state index in [9.17, 15) is 8.42 Å². The van der Waals surface area contributed by atoms with Gasteiger partial charge in [-0.2, -0.15) is 4.31 Å². The van der Waals surface area contributed by atoms with Gasteiger partial charge >= 0.3 is 0 Å². The second-order valence-electron chi connectivity index (χ2n) is 5.21. The topological polar surface area (TPSA) is 62.3 Å². The summed E-state index contributed by atoms with van der Waals surface area (Å²) in [5, 5.41) is 3.35. The maximum absolute atomic E-state index is 12.8. The summed E-state index contributed by atoms with van der Waals surface area (Å²) in [4.78, 5) is 4.22. The third-order valence-corrected chi connectivity index (χ3v) is 5.75. The van der Waals surface area contributed by atoms with E-state index in [2.05, 4.69) is 17.2 Å². The molecule has 0 aromatic carbocycles. The second-order valence-corrected chi connectivity index (χ2v) is 7.10. The van der Waals surface area contributed by atoms with Gasteiger partial charge in [-0.25, -0.2) is 8.42 Å². The molecule has 2 rings (SSSR count). The van der Waals surface area contributed by atoms with E-state index in [4.69, 9.17) is 0 Å². The van der Waals surface area contributed by atoms with Crippen LogP contribution in [0.15, 0.2) is 29.4 Å². The molecule has 5 nitrogen and oxygen atoms in total. The number of aromatic nitrogens is 1. The van der Waals surface area contributed by atoms with Gasteiger partial charge in [0, 0.05) is 31.0 Å². The van der Waals surface area contributed by atoms with E-state index >= 15 is 0 Å². The minimum absolute atomic E-state index is 0.0221. The Morgan fingerprint density at radius 3 is 2.95 bits per heavy atom. The highest BCUT2D eigenvalue weighted by molar-refractivity contribution is 7.89. The number of piperidine rings is 1. The average molecular weight is 297 g/mol. The van der Waals surface area contributed by atoms with Crippen LogP contribution < -0.4 is 5.32 Å². The Balaban J connectivity index is 2.28. The van der Waals surface area contributed by atoms with E-state index in [1.807, 2.05) is 6.92 Å². The largest absolute Gasteiger partial charge is 0.313 e. The number of likely N-dealkylation sites (N-methyl/N-ethyl adjacent to an activating group) is 1. The second kappa shape index (κ2) is 6.65. The molecular weight excluding hydrogens is 274 g/mol. The lowest BCUT2D eigenvalue weighted by molar-refractivity contribution is 0.210. The van der Waals surface area contributed by atoms with Gasteiger partial charge in [-0.3, -0.25) is 4.98 Å². The molecule has 0 spiro atoms. The van der Waals surface area contributed by atoms with Gasteiger partial charge in [-0.1, -0.05) is 13.3 Å². The number of rotatable bonds is 5. The van der Waals surface area contributed by atoms with Crippen LogP contribution in [0.5, 0.6) is 0 Å². The molecule has 2 unspecified atom stereocenters. The van der Waals surface area contributed by atoms with Crippen molar-refractivity contribution in [3.05, 3.63) is 24.5 Å². The number of sulfonamides is 1. The fourth-order valence-corrected chi connectivity index (χ4v) is 4.55. The molecular formula is C14H23N3O2S. The summed E-state index contributed by atoms with van der Waals surface area (Å²) in [6.45, 7) is 5.54. The molecule has 0 saturated carbocycles. The first-order valence-corrected chi connectivity index (χ1v) is 8.66. The average Bonchev–Trinajstić information content (AvgIpc) is 2.48. The van der Waals surface area contributed by atoms with Crippen molar-refractivity contribution >= 4 is 10.0 Å². The molecule has 2 atom stereocenters. The predicted octanol–water partition coefficient (Wildman–Crippen LogP) is 1.62. The Hall–Kier alpha value is -0.980. The molecule has 112 valence electrons. The van der Waals surface area contributed by atoms with E-state index < -0.39 is 10.0 Å². The number of nitrogens with one attached hydrogen (secondary N) is 1. The van der Waals surface area contributed by atoms with Crippen LogP contribution in [0.3, 0.4) is 0 Å². The SMILES string of the molecule is CCNC(C)C1CCCCN1S(=O)(=O)c1cccnc1. The van der Waals surface area contributed by atoms with Gasteiger partial charge < -0.3 is 5.32 Å². The molecule has 2 heterocycles. The highest BCUT2D eigenvalue weighted by Gasteiger charge is 2.36. The summed E-state index contributed by atoms with van der Waals surface area (Å²) in [5.74, 6) is 0. The zero-order valence-corrected chi connectivity index (χ0v) is 12.9. The van der Waals surface area contributed by atoms with Crippen molar-refractivity contribution in [2.75, 3.05) is 13.1 Å². The van der Waals surface area contributed by atoms with Gasteiger partial charge in [0.05, 0.1) is 0 Å². The highest BCUT2D eigenvalue weighted by Crippen LogP contribution is 2.26. The summed E-state index contributed by atoms with van der Waals surface area (Å²) >= 11 is 0. The summed E-state index contributed by atoms with van der Waals surface area (Å²) in [6, 6.07) is 3.46. The summed E-state index contributed by atoms with van der Waals surface area (Å²) in [7, 11) is -3.44. The maximum atomic E-state index is 12.8. The number of nitrogens with zero attached hydrogens (tertiary/aromatic N) is 2. The molecule has 1 aromatic rings. The van der Waals surface area contributed by atoms with E-state index in [0.29, 0.717) is 6.54 Å². The lowest BCUT2D eigenvalue weighted by Gasteiger charge is -2.38. The Morgan fingerprint density at radius 1 is 1.50 bits per heavy atom. The van der Waals surface area contributed by atoms with Crippen molar-refractivity contribution in [2.24, 2.45) is 0 Å². The van der Waals surface area contributed by atoms with Gasteiger partial charge in [0.15, 0.2) is 0 Å². The maximum Gasteiger partial charge on any atom is 0.244 e. The zero-order chi connectivity index (χ0) is 14.6. The van der Waals surface area contributed by atoms with Gasteiger partial charge in [-0.15, -0.1) is 0 Å². The summed E-state index contributed by atoms with van der Waals surface area (Å²) in [6.07, 6.45) is 5.94. The van der Waals surface area contributed by atoms with Crippen LogP contribution in [0.4, 0.5) is 0 Å². The van der Waals surface area contributed by atoms with Gasteiger partial charge in [0.2, 0.25) is 10.0 Å². The third-order valence-electron chi connectivity index (χ3n) is 3.84. The van der Waals surface area contributed by atoms with Crippen molar-refractivity contribution in [2.45, 2.75) is 50.1 Å². The first kappa shape index (κ1) is 15.4. The normalized spacial score (nSPS) is 22.6. The first-order valence-electron chi connectivity index (χ1n) is 7.22. The molecule has 1 fully saturated rings. The first-order chi connectivity index (χ1) is 9.57. The van der Waals surface area contributed by atoms with Crippen molar-refractivity contribution in [3.63, 3.8) is 0 Å². The molecule has 0 amide bonds. The van der Waals surface area contributed by atoms with Crippen LogP contribution >= 0.6 is 0 Å². The molecule has 0 aliphatic carbocycles. The quantitative estimate of drug-likeness (QED) is 0.897. The number of hydrogen-bond acceptors (Lipinski definition) is 4. The van der Waals surface area contributed by atoms with Gasteiger partial charge in [0.1, 0.15) is 4.90 Å². The smallest absolute Gasteiger partial charge is 0.244 e. The zero-order valence-electron chi connectivity index (χ0n) is 12.1. The predicted molar refractivity (Wildman–Crippen MR) is 78.9 cm³/mol. The molecule has 1 aromatic heterocycles. The van der Waals surface area contributed by atoms with Crippen LogP contribution in [0.1, 0.15) is 33.1 Å². The minimum Gasteiger partial charge on any atom is -0.313 e. The molecule has 1 saturated heterocycles. The summed E-state index contributed by atoms with van der Waals surface area (Å²) < 4.78 is 27.2. The Bertz CT molecular complexity index is 518. The molecule has 1 N–H and O–H groups in total. The van der Waals surface area contributed by atoms with Gasteiger partial charge in [0.25, 0.3) is 0 Å². The highest BCUT2D eigenvalue weighted by atomic mass is 32.2. The Morgan fingerprint density at radius 2 is 2.30 bits per heavy atom. The van der Waals surface area contributed by atoms with Crippen LogP contribution in [-0.2, 0) is 10.0 Å². The number of pyridine rings is 1. The molecule has 0 radical (unpaired) electrons. The van der Waals surface area contributed by atoms with Gasteiger partial charge in [-0.05, 0) is 38.4 Å². The van der Waals surface area contributed by atoms with E-state index in [0.717, 1.165) is 25.8 Å². The number of hydrogen-bond donors (Lipinski definition) is 1. The lowest BCUT2D eigenvalue weighted by atomic mass is 9.99. The van der Waals surface area contributed by atoms with E-state index in [-0.39, 0.29) is 17.0 Å². The fourth-order valence-electron chi connectivity index (χ4n) is 2.82. The molecule has 6 heteroatoms. The van der Waals surface area contributed by atoms with Crippen LogP contribution in [0, 0.1) is 0 Å². The van der Waals surface area contributed by atoms with Crippen LogP contribution in [0.25, 0.3) is 0 Å². The van der Waals surface area contributed by atoms with Crippen molar-refractivity contribution in [3.8, 4) is 0 Å². The molecule has 20 heavy (non-hydrogen) atoms. The van der Waals surface area contributed by atoms with E-state index in [1.54, 1.807) is 22.6 Å². The lowest BCUT2D eigenvalue weighted by Crippen LogP contribution is -2.53. The van der Waals surface area contributed by atoms with Crippen molar-refractivity contribution in [1.29, 1.82) is 0 Å². The van der Waals surface area contributed by atoms with E-state index in [1.165, 1.54) is 6.20 Å². The molecule has 0 bridgehead atoms. The summed E-state index contributed by atoms with van der Waals surface area (Å²) in [5.41, 5.74) is 0. The Kier molecular flexibility index (Phi) is 5.12. The molecule has 1 aliphatic rings. The third kappa shape index (κ3) is 3.19. The monoisotopic (exact) mass is 297 g/mol. The van der Waals surface area contributed by atoms with Crippen molar-refractivity contribution in [1.82, 2.24) is 14.6 Å². The van der Waals surface area contributed by atoms with Crippen molar-refractivity contribution < 1.29 is 8.42 Å². The minimum atomic E-state index is -3.44. The molecule has 1 aliphatic heterocycles. The Labute approximate surface area is 121 Å². The van der Waals surface area contributed by atoms with Crippen LogP contribution in [0.2, 0.25) is 0 Å².